The highest BCUT2D eigenvalue weighted by Gasteiger charge is 2.22. The van der Waals surface area contributed by atoms with E-state index >= 15 is 0 Å². The number of carbonyl (C=O) groups excluding carboxylic acids is 1. The number of aryl methyl sites for hydroxylation is 1. The maximum absolute atomic E-state index is 11.6. The summed E-state index contributed by atoms with van der Waals surface area (Å²) in [5.74, 6) is 0. The van der Waals surface area contributed by atoms with Crippen LogP contribution in [-0.2, 0) is 18.3 Å². The molecule has 0 radical (unpaired) electrons. The summed E-state index contributed by atoms with van der Waals surface area (Å²) in [4.78, 5) is 13.4. The third kappa shape index (κ3) is 3.99. The molecule has 1 aromatic rings. The van der Waals surface area contributed by atoms with Crippen molar-refractivity contribution in [1.29, 1.82) is 0 Å². The van der Waals surface area contributed by atoms with Crippen molar-refractivity contribution in [2.45, 2.75) is 32.4 Å². The van der Waals surface area contributed by atoms with Crippen LogP contribution in [0.2, 0.25) is 0 Å². The van der Waals surface area contributed by atoms with Crippen molar-refractivity contribution in [2.24, 2.45) is 7.05 Å². The number of piperidine rings is 1. The van der Waals surface area contributed by atoms with Crippen molar-refractivity contribution >= 4 is 6.09 Å². The summed E-state index contributed by atoms with van der Waals surface area (Å²) in [6, 6.07) is 2.62. The Kier molecular flexibility index (Phi) is 4.85. The van der Waals surface area contributed by atoms with Crippen molar-refractivity contribution in [1.82, 2.24) is 14.8 Å². The minimum Gasteiger partial charge on any atom is -0.450 e. The second-order valence-electron chi connectivity index (χ2n) is 5.03. The fourth-order valence-electron chi connectivity index (χ4n) is 2.41. The normalized spacial score (nSPS) is 16.6. The van der Waals surface area contributed by atoms with Gasteiger partial charge in [0.15, 0.2) is 0 Å². The molecule has 1 aliphatic heterocycles. The average Bonchev–Trinajstić information content (AvgIpc) is 2.83. The van der Waals surface area contributed by atoms with Crippen molar-refractivity contribution < 1.29 is 9.53 Å². The van der Waals surface area contributed by atoms with E-state index in [9.17, 15) is 4.79 Å². The van der Waals surface area contributed by atoms with Crippen molar-refractivity contribution in [2.75, 3.05) is 19.7 Å². The van der Waals surface area contributed by atoms with Gasteiger partial charge in [-0.15, -0.1) is 0 Å². The van der Waals surface area contributed by atoms with Crippen LogP contribution in [0.3, 0.4) is 0 Å². The summed E-state index contributed by atoms with van der Waals surface area (Å²) in [5.41, 5.74) is 1.30. The molecule has 0 unspecified atom stereocenters. The lowest BCUT2D eigenvalue weighted by Crippen LogP contribution is -2.44. The van der Waals surface area contributed by atoms with Crippen LogP contribution in [0.15, 0.2) is 18.5 Å². The lowest BCUT2D eigenvalue weighted by molar-refractivity contribution is 0.0950. The average molecular weight is 265 g/mol. The molecule has 1 aromatic heterocycles. The van der Waals surface area contributed by atoms with Gasteiger partial charge < -0.3 is 19.5 Å². The first-order valence-electron chi connectivity index (χ1n) is 6.95. The van der Waals surface area contributed by atoms with Crippen molar-refractivity contribution in [3.05, 3.63) is 24.0 Å². The van der Waals surface area contributed by atoms with Gasteiger partial charge in [-0.25, -0.2) is 4.79 Å². The van der Waals surface area contributed by atoms with E-state index in [1.807, 2.05) is 14.0 Å². The number of ether oxygens (including phenoxy) is 1. The SMILES string of the molecule is CCOC(=O)N1CCC(NCc2ccn(C)c2)CC1. The van der Waals surface area contributed by atoms with E-state index in [0.29, 0.717) is 12.6 Å². The Bertz CT molecular complexity index is 409. The second-order valence-corrected chi connectivity index (χ2v) is 5.03. The number of likely N-dealkylation sites (tertiary alicyclic amines) is 1. The predicted octanol–water partition coefficient (Wildman–Crippen LogP) is 1.74. The van der Waals surface area contributed by atoms with Gasteiger partial charge in [-0.05, 0) is 31.4 Å². The van der Waals surface area contributed by atoms with E-state index in [0.717, 1.165) is 32.5 Å². The largest absolute Gasteiger partial charge is 0.450 e. The van der Waals surface area contributed by atoms with Gasteiger partial charge in [0.1, 0.15) is 0 Å². The zero-order valence-electron chi connectivity index (χ0n) is 11.8. The maximum atomic E-state index is 11.6. The highest BCUT2D eigenvalue weighted by molar-refractivity contribution is 5.67. The topological polar surface area (TPSA) is 46.5 Å². The van der Waals surface area contributed by atoms with Gasteiger partial charge in [-0.1, -0.05) is 0 Å². The molecule has 0 atom stereocenters. The standard InChI is InChI=1S/C14H23N3O2/c1-3-19-14(18)17-8-5-13(6-9-17)15-10-12-4-7-16(2)11-12/h4,7,11,13,15H,3,5-6,8-10H2,1-2H3. The zero-order valence-corrected chi connectivity index (χ0v) is 11.8. The third-order valence-electron chi connectivity index (χ3n) is 3.51. The molecule has 2 heterocycles. The first-order chi connectivity index (χ1) is 9.19. The van der Waals surface area contributed by atoms with Crippen LogP contribution in [0.1, 0.15) is 25.3 Å². The minimum absolute atomic E-state index is 0.177. The lowest BCUT2D eigenvalue weighted by Gasteiger charge is -2.31. The molecular weight excluding hydrogens is 242 g/mol. The summed E-state index contributed by atoms with van der Waals surface area (Å²) in [5, 5.41) is 3.55. The van der Waals surface area contributed by atoms with E-state index in [1.165, 1.54) is 5.56 Å². The van der Waals surface area contributed by atoms with Gasteiger partial charge in [0.25, 0.3) is 0 Å². The Morgan fingerprint density at radius 3 is 2.79 bits per heavy atom. The van der Waals surface area contributed by atoms with Crippen LogP contribution in [0.4, 0.5) is 4.79 Å². The van der Waals surface area contributed by atoms with Crippen LogP contribution in [0.5, 0.6) is 0 Å². The van der Waals surface area contributed by atoms with Crippen LogP contribution < -0.4 is 5.32 Å². The monoisotopic (exact) mass is 265 g/mol. The molecule has 0 saturated carbocycles. The summed E-state index contributed by atoms with van der Waals surface area (Å²) in [7, 11) is 2.03. The molecule has 1 amide bonds. The van der Waals surface area contributed by atoms with Crippen LogP contribution >= 0.6 is 0 Å². The van der Waals surface area contributed by atoms with Gasteiger partial charge in [-0.2, -0.15) is 0 Å². The highest BCUT2D eigenvalue weighted by Crippen LogP contribution is 2.12. The zero-order chi connectivity index (χ0) is 13.7. The molecule has 5 heteroatoms. The molecule has 1 fully saturated rings. The van der Waals surface area contributed by atoms with Crippen LogP contribution in [-0.4, -0.2) is 41.3 Å². The molecule has 0 aliphatic carbocycles. The molecule has 19 heavy (non-hydrogen) atoms. The first-order valence-corrected chi connectivity index (χ1v) is 6.95. The van der Waals surface area contributed by atoms with E-state index < -0.39 is 0 Å². The first kappa shape index (κ1) is 13.9. The van der Waals surface area contributed by atoms with E-state index in [-0.39, 0.29) is 6.09 Å². The Morgan fingerprint density at radius 1 is 1.47 bits per heavy atom. The molecule has 0 bridgehead atoms. The Hall–Kier alpha value is -1.49. The van der Waals surface area contributed by atoms with Gasteiger partial charge in [0.05, 0.1) is 6.61 Å². The number of nitrogens with zero attached hydrogens (tertiary/aromatic N) is 2. The second kappa shape index (κ2) is 6.61. The molecule has 1 N–H and O–H groups in total. The smallest absolute Gasteiger partial charge is 0.409 e. The summed E-state index contributed by atoms with van der Waals surface area (Å²) < 4.78 is 7.07. The molecule has 5 nitrogen and oxygen atoms in total. The maximum Gasteiger partial charge on any atom is 0.409 e. The van der Waals surface area contributed by atoms with Gasteiger partial charge >= 0.3 is 6.09 Å². The van der Waals surface area contributed by atoms with Crippen LogP contribution in [0, 0.1) is 0 Å². The molecule has 2 rings (SSSR count). The van der Waals surface area contributed by atoms with Crippen LogP contribution in [0.25, 0.3) is 0 Å². The lowest BCUT2D eigenvalue weighted by atomic mass is 10.1. The number of nitrogens with one attached hydrogen (secondary N) is 1. The number of hydrogen-bond donors (Lipinski definition) is 1. The summed E-state index contributed by atoms with van der Waals surface area (Å²) >= 11 is 0. The minimum atomic E-state index is -0.177. The highest BCUT2D eigenvalue weighted by atomic mass is 16.6. The van der Waals surface area contributed by atoms with Gasteiger partial charge in [-0.3, -0.25) is 0 Å². The van der Waals surface area contributed by atoms with Crippen molar-refractivity contribution in [3.63, 3.8) is 0 Å². The molecular formula is C14H23N3O2. The number of amides is 1. The predicted molar refractivity (Wildman–Crippen MR) is 73.9 cm³/mol. The van der Waals surface area contributed by atoms with Gasteiger partial charge in [0.2, 0.25) is 0 Å². The molecule has 106 valence electrons. The van der Waals surface area contributed by atoms with E-state index in [2.05, 4.69) is 28.3 Å². The molecule has 0 spiro atoms. The van der Waals surface area contributed by atoms with Crippen molar-refractivity contribution in [3.8, 4) is 0 Å². The quantitative estimate of drug-likeness (QED) is 0.902. The summed E-state index contributed by atoms with van der Waals surface area (Å²) in [6.07, 6.45) is 5.99. The Morgan fingerprint density at radius 2 is 2.21 bits per heavy atom. The van der Waals surface area contributed by atoms with E-state index in [1.54, 1.807) is 4.90 Å². The van der Waals surface area contributed by atoms with Gasteiger partial charge in [0, 0.05) is 45.1 Å². The molecule has 0 aromatic carbocycles. The fourth-order valence-corrected chi connectivity index (χ4v) is 2.41. The number of rotatable bonds is 4. The number of carbonyl (C=O) groups is 1. The Balaban J connectivity index is 1.70. The third-order valence-corrected chi connectivity index (χ3v) is 3.51. The number of hydrogen-bond acceptors (Lipinski definition) is 3. The molecule has 1 aliphatic rings. The Labute approximate surface area is 114 Å². The number of aromatic nitrogens is 1. The fraction of sp³-hybridized carbons (Fsp3) is 0.643. The summed E-state index contributed by atoms with van der Waals surface area (Å²) in [6.45, 7) is 4.75. The molecule has 1 saturated heterocycles. The van der Waals surface area contributed by atoms with E-state index in [4.69, 9.17) is 4.74 Å².